The Morgan fingerprint density at radius 2 is 2.00 bits per heavy atom. The van der Waals surface area contributed by atoms with Crippen LogP contribution in [0.5, 0.6) is 0 Å². The molecule has 1 aromatic carbocycles. The highest BCUT2D eigenvalue weighted by atomic mass is 16.5. The second kappa shape index (κ2) is 8.05. The minimum atomic E-state index is -0.161. The summed E-state index contributed by atoms with van der Waals surface area (Å²) in [5.41, 5.74) is 2.89. The molecule has 0 fully saturated rings. The van der Waals surface area contributed by atoms with Gasteiger partial charge in [0.15, 0.2) is 17.3 Å². The van der Waals surface area contributed by atoms with E-state index in [0.29, 0.717) is 40.7 Å². The van der Waals surface area contributed by atoms with Crippen LogP contribution in [0.2, 0.25) is 0 Å². The molecule has 8 nitrogen and oxygen atoms in total. The molecule has 0 spiro atoms. The fourth-order valence-electron chi connectivity index (χ4n) is 2.92. The van der Waals surface area contributed by atoms with Crippen LogP contribution in [0.15, 0.2) is 58.8 Å². The maximum atomic E-state index is 12.4. The molecule has 0 unspecified atom stereocenters. The molecule has 0 bridgehead atoms. The Morgan fingerprint density at radius 3 is 2.76 bits per heavy atom. The van der Waals surface area contributed by atoms with Crippen molar-refractivity contribution in [2.75, 3.05) is 0 Å². The van der Waals surface area contributed by atoms with Crippen LogP contribution in [0, 0.1) is 0 Å². The summed E-state index contributed by atoms with van der Waals surface area (Å²) in [6, 6.07) is 13.4. The number of rotatable bonds is 6. The predicted octanol–water partition coefficient (Wildman–Crippen LogP) is 3.06. The monoisotopic (exact) mass is 388 g/mol. The lowest BCUT2D eigenvalue weighted by molar-refractivity contribution is -0.117. The molecule has 3 heterocycles. The lowest BCUT2D eigenvalue weighted by Gasteiger charge is -2.05. The lowest BCUT2D eigenvalue weighted by atomic mass is 10.1. The van der Waals surface area contributed by atoms with Crippen molar-refractivity contribution >= 4 is 17.6 Å². The molecule has 1 amide bonds. The van der Waals surface area contributed by atoms with Gasteiger partial charge in [-0.05, 0) is 30.7 Å². The number of fused-ring (bicyclic) bond motifs is 1. The van der Waals surface area contributed by atoms with Gasteiger partial charge in [-0.25, -0.2) is 0 Å². The van der Waals surface area contributed by atoms with Gasteiger partial charge in [0, 0.05) is 18.2 Å². The van der Waals surface area contributed by atoms with E-state index in [1.54, 1.807) is 6.92 Å². The molecule has 8 heteroatoms. The smallest absolute Gasteiger partial charge is 0.261 e. The van der Waals surface area contributed by atoms with Gasteiger partial charge in [0.25, 0.3) is 5.89 Å². The third-order valence-corrected chi connectivity index (χ3v) is 4.47. The number of aryl methyl sites for hydroxylation is 1. The maximum Gasteiger partial charge on any atom is 0.261 e. The molecular formula is C21H20N6O2. The third kappa shape index (κ3) is 3.91. The molecule has 29 heavy (non-hydrogen) atoms. The molecule has 0 aliphatic rings. The van der Waals surface area contributed by atoms with Crippen LogP contribution in [-0.4, -0.2) is 30.6 Å². The van der Waals surface area contributed by atoms with Crippen LogP contribution >= 0.6 is 0 Å². The summed E-state index contributed by atoms with van der Waals surface area (Å²) in [5, 5.41) is 15.3. The van der Waals surface area contributed by atoms with Gasteiger partial charge in [0.1, 0.15) is 0 Å². The Bertz CT molecular complexity index is 1180. The number of amides is 1. The van der Waals surface area contributed by atoms with Crippen LogP contribution in [-0.2, 0) is 17.8 Å². The summed E-state index contributed by atoms with van der Waals surface area (Å²) in [6.45, 7) is 3.98. The summed E-state index contributed by atoms with van der Waals surface area (Å²) in [4.78, 5) is 16.8. The second-order valence-corrected chi connectivity index (χ2v) is 6.52. The van der Waals surface area contributed by atoms with E-state index < -0.39 is 0 Å². The zero-order valence-corrected chi connectivity index (χ0v) is 16.2. The zero-order valence-electron chi connectivity index (χ0n) is 16.2. The molecule has 0 aliphatic carbocycles. The fourth-order valence-corrected chi connectivity index (χ4v) is 2.92. The van der Waals surface area contributed by atoms with Crippen LogP contribution in [0.3, 0.4) is 0 Å². The largest absolute Gasteiger partial charge is 0.345 e. The molecule has 0 aliphatic heterocycles. The highest BCUT2D eigenvalue weighted by molar-refractivity contribution is 5.97. The van der Waals surface area contributed by atoms with E-state index in [9.17, 15) is 4.79 Å². The Morgan fingerprint density at radius 1 is 1.17 bits per heavy atom. The molecule has 146 valence electrons. The van der Waals surface area contributed by atoms with Crippen LogP contribution in [0.4, 0.5) is 0 Å². The Kier molecular flexibility index (Phi) is 5.15. The number of hydrogen-bond acceptors (Lipinski definition) is 6. The SMILES string of the molecule is CCc1noc(-c2cccn3c(CNC(=O)/C(C)=C/c4ccccc4)nnc23)n1. The number of carbonyl (C=O) groups excluding carboxylic acids is 1. The van der Waals surface area contributed by atoms with Crippen LogP contribution in [0.1, 0.15) is 31.1 Å². The zero-order chi connectivity index (χ0) is 20.2. The molecular weight excluding hydrogens is 368 g/mol. The van der Waals surface area contributed by atoms with Crippen molar-refractivity contribution < 1.29 is 9.32 Å². The molecule has 4 rings (SSSR count). The van der Waals surface area contributed by atoms with Crippen molar-refractivity contribution in [3.8, 4) is 11.5 Å². The molecule has 0 saturated heterocycles. The van der Waals surface area contributed by atoms with E-state index >= 15 is 0 Å². The van der Waals surface area contributed by atoms with Gasteiger partial charge in [-0.1, -0.05) is 42.4 Å². The van der Waals surface area contributed by atoms with Crippen molar-refractivity contribution in [3.63, 3.8) is 0 Å². The van der Waals surface area contributed by atoms with E-state index in [-0.39, 0.29) is 12.5 Å². The normalized spacial score (nSPS) is 11.7. The van der Waals surface area contributed by atoms with Gasteiger partial charge in [0.2, 0.25) is 5.91 Å². The number of benzene rings is 1. The number of hydrogen-bond donors (Lipinski definition) is 1. The minimum Gasteiger partial charge on any atom is -0.345 e. The average Bonchev–Trinajstić information content (AvgIpc) is 3.39. The molecule has 4 aromatic rings. The molecule has 0 radical (unpaired) electrons. The van der Waals surface area contributed by atoms with Crippen molar-refractivity contribution in [1.29, 1.82) is 0 Å². The van der Waals surface area contributed by atoms with E-state index in [1.807, 2.05) is 66.1 Å². The number of nitrogens with zero attached hydrogens (tertiary/aromatic N) is 5. The maximum absolute atomic E-state index is 12.4. The molecule has 3 aromatic heterocycles. The quantitative estimate of drug-likeness (QED) is 0.510. The van der Waals surface area contributed by atoms with Gasteiger partial charge in [0.05, 0.1) is 12.1 Å². The van der Waals surface area contributed by atoms with Gasteiger partial charge >= 0.3 is 0 Å². The van der Waals surface area contributed by atoms with Crippen molar-refractivity contribution in [1.82, 2.24) is 30.1 Å². The highest BCUT2D eigenvalue weighted by Crippen LogP contribution is 2.22. The van der Waals surface area contributed by atoms with Gasteiger partial charge in [-0.15, -0.1) is 10.2 Å². The summed E-state index contributed by atoms with van der Waals surface area (Å²) in [7, 11) is 0. The van der Waals surface area contributed by atoms with Crippen molar-refractivity contribution in [2.45, 2.75) is 26.8 Å². The van der Waals surface area contributed by atoms with E-state index in [2.05, 4.69) is 25.7 Å². The molecule has 0 saturated carbocycles. The van der Waals surface area contributed by atoms with E-state index in [0.717, 1.165) is 5.56 Å². The highest BCUT2D eigenvalue weighted by Gasteiger charge is 2.16. The summed E-state index contributed by atoms with van der Waals surface area (Å²) >= 11 is 0. The van der Waals surface area contributed by atoms with E-state index in [4.69, 9.17) is 4.52 Å². The van der Waals surface area contributed by atoms with Crippen molar-refractivity contribution in [3.05, 3.63) is 71.4 Å². The number of pyridine rings is 1. The first kappa shape index (κ1) is 18.5. The molecule has 0 atom stereocenters. The lowest BCUT2D eigenvalue weighted by Crippen LogP contribution is -2.24. The number of aromatic nitrogens is 5. The van der Waals surface area contributed by atoms with Crippen molar-refractivity contribution in [2.24, 2.45) is 0 Å². The topological polar surface area (TPSA) is 98.2 Å². The first-order chi connectivity index (χ1) is 14.2. The first-order valence-electron chi connectivity index (χ1n) is 9.33. The summed E-state index contributed by atoms with van der Waals surface area (Å²) < 4.78 is 7.13. The third-order valence-electron chi connectivity index (χ3n) is 4.47. The number of carbonyl (C=O) groups is 1. The van der Waals surface area contributed by atoms with Gasteiger partial charge in [-0.2, -0.15) is 4.98 Å². The van der Waals surface area contributed by atoms with Gasteiger partial charge < -0.3 is 9.84 Å². The van der Waals surface area contributed by atoms with Gasteiger partial charge in [-0.3, -0.25) is 9.20 Å². The molecule has 1 N–H and O–H groups in total. The van der Waals surface area contributed by atoms with E-state index in [1.165, 1.54) is 0 Å². The first-order valence-corrected chi connectivity index (χ1v) is 9.33. The summed E-state index contributed by atoms with van der Waals surface area (Å²) in [5.74, 6) is 1.48. The minimum absolute atomic E-state index is 0.161. The van der Waals surface area contributed by atoms with Crippen LogP contribution < -0.4 is 5.32 Å². The Hall–Kier alpha value is -3.81. The van der Waals surface area contributed by atoms with Crippen LogP contribution in [0.25, 0.3) is 23.2 Å². The standard InChI is InChI=1S/C21H20N6O2/c1-3-17-23-21(29-26-17)16-10-7-11-27-18(24-25-19(16)27)13-22-20(28)14(2)12-15-8-5-4-6-9-15/h4-12H,3,13H2,1-2H3,(H,22,28)/b14-12+. The fraction of sp³-hybridized carbons (Fsp3) is 0.190. The summed E-state index contributed by atoms with van der Waals surface area (Å²) in [6.07, 6.45) is 4.37. The Labute approximate surface area is 167 Å². The average molecular weight is 388 g/mol. The predicted molar refractivity (Wildman–Crippen MR) is 108 cm³/mol. The Balaban J connectivity index is 1.52. The second-order valence-electron chi connectivity index (χ2n) is 6.52. The number of nitrogens with one attached hydrogen (secondary N) is 1.